The average molecular weight is 522 g/mol. The Morgan fingerprint density at radius 3 is 2.29 bits per heavy atom. The van der Waals surface area contributed by atoms with E-state index < -0.39 is 14.6 Å². The van der Waals surface area contributed by atoms with Crippen molar-refractivity contribution in [3.05, 3.63) is 30.3 Å². The van der Waals surface area contributed by atoms with Crippen LogP contribution in [0.15, 0.2) is 35.3 Å². The minimum absolute atomic E-state index is 0. The van der Waals surface area contributed by atoms with E-state index in [1.165, 1.54) is 11.9 Å². The van der Waals surface area contributed by atoms with Crippen molar-refractivity contribution in [1.29, 1.82) is 0 Å². The number of benzene rings is 1. The molecule has 0 saturated carbocycles. The number of para-hydroxylation sites is 1. The standard InChI is InChI=1S/C19H30N4O3S.HI/c1-20-18(21-16-19(27(2,24)25)8-14-26-15-9-19)23-12-10-22(11-13-23)17-6-4-3-5-7-17;/h3-7H,8-16H2,1-2H3,(H,20,21);1H. The molecule has 1 aromatic carbocycles. The van der Waals surface area contributed by atoms with Crippen LogP contribution in [0, 0.1) is 0 Å². The molecule has 0 spiro atoms. The van der Waals surface area contributed by atoms with Crippen LogP contribution in [0.2, 0.25) is 0 Å². The average Bonchev–Trinajstić information content (AvgIpc) is 2.69. The number of rotatable bonds is 4. The highest BCUT2D eigenvalue weighted by Crippen LogP contribution is 2.28. The zero-order valence-electron chi connectivity index (χ0n) is 16.6. The van der Waals surface area contributed by atoms with E-state index in [1.54, 1.807) is 7.05 Å². The molecule has 1 aromatic rings. The second kappa shape index (κ2) is 10.1. The molecule has 7 nitrogen and oxygen atoms in total. The van der Waals surface area contributed by atoms with Gasteiger partial charge in [-0.25, -0.2) is 8.42 Å². The summed E-state index contributed by atoms with van der Waals surface area (Å²) in [6.45, 7) is 4.88. The fourth-order valence-corrected chi connectivity index (χ4v) is 5.05. The van der Waals surface area contributed by atoms with Crippen LogP contribution in [0.4, 0.5) is 5.69 Å². The first-order chi connectivity index (χ1) is 13.0. The topological polar surface area (TPSA) is 74.2 Å². The fraction of sp³-hybridized carbons (Fsp3) is 0.632. The molecule has 2 aliphatic rings. The quantitative estimate of drug-likeness (QED) is 0.368. The summed E-state index contributed by atoms with van der Waals surface area (Å²) in [5.74, 6) is 0.775. The van der Waals surface area contributed by atoms with Crippen molar-refractivity contribution < 1.29 is 13.2 Å². The van der Waals surface area contributed by atoms with E-state index >= 15 is 0 Å². The molecular weight excluding hydrogens is 491 g/mol. The Bertz CT molecular complexity index is 744. The number of halogens is 1. The molecule has 0 atom stereocenters. The van der Waals surface area contributed by atoms with Gasteiger partial charge in [0.2, 0.25) is 0 Å². The van der Waals surface area contributed by atoms with Crippen molar-refractivity contribution >= 4 is 45.5 Å². The Kier molecular flexibility index (Phi) is 8.38. The Balaban J connectivity index is 0.00000280. The highest BCUT2D eigenvalue weighted by molar-refractivity contribution is 14.0. The van der Waals surface area contributed by atoms with Gasteiger partial charge in [0, 0.05) is 64.9 Å². The molecule has 2 saturated heterocycles. The molecule has 0 bridgehead atoms. The maximum absolute atomic E-state index is 12.4. The maximum atomic E-state index is 12.4. The lowest BCUT2D eigenvalue weighted by Crippen LogP contribution is -2.57. The number of aliphatic imine (C=N–C) groups is 1. The van der Waals surface area contributed by atoms with E-state index in [1.807, 2.05) is 6.07 Å². The summed E-state index contributed by atoms with van der Waals surface area (Å²) < 4.78 is 29.5. The van der Waals surface area contributed by atoms with Crippen LogP contribution in [-0.2, 0) is 14.6 Å². The van der Waals surface area contributed by atoms with Gasteiger partial charge in [-0.1, -0.05) is 18.2 Å². The summed E-state index contributed by atoms with van der Waals surface area (Å²) in [5.41, 5.74) is 1.23. The molecule has 158 valence electrons. The van der Waals surface area contributed by atoms with Gasteiger partial charge in [-0.05, 0) is 25.0 Å². The Morgan fingerprint density at radius 2 is 1.75 bits per heavy atom. The first-order valence-electron chi connectivity index (χ1n) is 9.48. The summed E-state index contributed by atoms with van der Waals surface area (Å²) >= 11 is 0. The van der Waals surface area contributed by atoms with Gasteiger partial charge in [-0.2, -0.15) is 0 Å². The zero-order chi connectivity index (χ0) is 19.3. The lowest BCUT2D eigenvalue weighted by atomic mass is 9.99. The minimum Gasteiger partial charge on any atom is -0.381 e. The zero-order valence-corrected chi connectivity index (χ0v) is 19.8. The smallest absolute Gasteiger partial charge is 0.193 e. The molecule has 3 rings (SSSR count). The highest BCUT2D eigenvalue weighted by Gasteiger charge is 2.42. The molecule has 0 radical (unpaired) electrons. The Morgan fingerprint density at radius 1 is 1.14 bits per heavy atom. The van der Waals surface area contributed by atoms with E-state index in [2.05, 4.69) is 44.4 Å². The number of nitrogens with zero attached hydrogens (tertiary/aromatic N) is 3. The van der Waals surface area contributed by atoms with Crippen molar-refractivity contribution in [2.45, 2.75) is 17.6 Å². The van der Waals surface area contributed by atoms with E-state index in [0.717, 1.165) is 32.1 Å². The summed E-state index contributed by atoms with van der Waals surface area (Å²) in [5, 5.41) is 3.33. The summed E-state index contributed by atoms with van der Waals surface area (Å²) in [6.07, 6.45) is 2.39. The van der Waals surface area contributed by atoms with Crippen molar-refractivity contribution in [3.63, 3.8) is 0 Å². The van der Waals surface area contributed by atoms with E-state index in [9.17, 15) is 8.42 Å². The summed E-state index contributed by atoms with van der Waals surface area (Å²) in [6, 6.07) is 10.4. The van der Waals surface area contributed by atoms with Crippen molar-refractivity contribution in [2.24, 2.45) is 4.99 Å². The van der Waals surface area contributed by atoms with Gasteiger partial charge in [-0.3, -0.25) is 4.99 Å². The highest BCUT2D eigenvalue weighted by atomic mass is 127. The molecular formula is C19H31IN4O3S. The third-order valence-electron chi connectivity index (χ3n) is 5.67. The molecule has 2 heterocycles. The lowest BCUT2D eigenvalue weighted by molar-refractivity contribution is 0.0754. The van der Waals surface area contributed by atoms with Crippen molar-refractivity contribution in [3.8, 4) is 0 Å². The van der Waals surface area contributed by atoms with Crippen LogP contribution in [0.5, 0.6) is 0 Å². The van der Waals surface area contributed by atoms with Crippen LogP contribution in [0.3, 0.4) is 0 Å². The SMILES string of the molecule is CN=C(NCC1(S(C)(=O)=O)CCOCC1)N1CCN(c2ccccc2)CC1.I. The molecule has 0 aromatic heterocycles. The Hall–Kier alpha value is -1.07. The Labute approximate surface area is 185 Å². The van der Waals surface area contributed by atoms with Crippen LogP contribution >= 0.6 is 24.0 Å². The van der Waals surface area contributed by atoms with Crippen LogP contribution in [0.25, 0.3) is 0 Å². The lowest BCUT2D eigenvalue weighted by Gasteiger charge is -2.40. The normalized spacial score (nSPS) is 20.4. The second-order valence-electron chi connectivity index (χ2n) is 7.28. The molecule has 28 heavy (non-hydrogen) atoms. The van der Waals surface area contributed by atoms with Gasteiger partial charge >= 0.3 is 0 Å². The largest absolute Gasteiger partial charge is 0.381 e. The van der Waals surface area contributed by atoms with Crippen LogP contribution in [-0.4, -0.2) is 83.3 Å². The van der Waals surface area contributed by atoms with Gasteiger partial charge in [0.25, 0.3) is 0 Å². The molecule has 0 unspecified atom stereocenters. The van der Waals surface area contributed by atoms with Crippen LogP contribution in [0.1, 0.15) is 12.8 Å². The number of piperazine rings is 1. The first kappa shape index (κ1) is 23.2. The van der Waals surface area contributed by atoms with E-state index in [-0.39, 0.29) is 24.0 Å². The van der Waals surface area contributed by atoms with E-state index in [4.69, 9.17) is 4.74 Å². The van der Waals surface area contributed by atoms with Gasteiger partial charge in [0.15, 0.2) is 15.8 Å². The predicted octanol–water partition coefficient (Wildman–Crippen LogP) is 1.60. The molecule has 0 aliphatic carbocycles. The third-order valence-corrected chi connectivity index (χ3v) is 7.80. The number of anilines is 1. The number of ether oxygens (including phenoxy) is 1. The minimum atomic E-state index is -3.19. The van der Waals surface area contributed by atoms with Gasteiger partial charge in [0.1, 0.15) is 0 Å². The molecule has 1 N–H and O–H groups in total. The van der Waals surface area contributed by atoms with Crippen molar-refractivity contribution in [2.75, 3.05) is 64.1 Å². The van der Waals surface area contributed by atoms with Gasteiger partial charge < -0.3 is 19.9 Å². The third kappa shape index (κ3) is 5.29. The molecule has 0 amide bonds. The second-order valence-corrected chi connectivity index (χ2v) is 9.69. The number of nitrogens with one attached hydrogen (secondary N) is 1. The number of hydrogen-bond acceptors (Lipinski definition) is 5. The molecule has 9 heteroatoms. The fourth-order valence-electron chi connectivity index (χ4n) is 3.81. The van der Waals surface area contributed by atoms with Gasteiger partial charge in [0.05, 0.1) is 4.75 Å². The van der Waals surface area contributed by atoms with E-state index in [0.29, 0.717) is 32.6 Å². The van der Waals surface area contributed by atoms with Crippen molar-refractivity contribution in [1.82, 2.24) is 10.2 Å². The molecule has 2 aliphatic heterocycles. The first-order valence-corrected chi connectivity index (χ1v) is 11.4. The van der Waals surface area contributed by atoms with Crippen LogP contribution < -0.4 is 10.2 Å². The summed E-state index contributed by atoms with van der Waals surface area (Å²) in [4.78, 5) is 8.96. The maximum Gasteiger partial charge on any atom is 0.193 e. The summed E-state index contributed by atoms with van der Waals surface area (Å²) in [7, 11) is -1.44. The monoisotopic (exact) mass is 522 g/mol. The number of hydrogen-bond donors (Lipinski definition) is 1. The van der Waals surface area contributed by atoms with Gasteiger partial charge in [-0.15, -0.1) is 24.0 Å². The number of guanidine groups is 1. The number of sulfone groups is 1. The molecule has 2 fully saturated rings. The predicted molar refractivity (Wildman–Crippen MR) is 125 cm³/mol.